The summed E-state index contributed by atoms with van der Waals surface area (Å²) in [6, 6.07) is 4.00. The van der Waals surface area contributed by atoms with Gasteiger partial charge in [-0.3, -0.25) is 9.78 Å². The predicted octanol–water partition coefficient (Wildman–Crippen LogP) is 2.88. The molecule has 0 spiro atoms. The molecule has 0 saturated carbocycles. The fourth-order valence-electron chi connectivity index (χ4n) is 2.55. The summed E-state index contributed by atoms with van der Waals surface area (Å²) < 4.78 is 0. The molecule has 3 nitrogen and oxygen atoms in total. The number of aromatic nitrogens is 1. The largest absolute Gasteiger partial charge is 0.328 e. The standard InChI is InChI=1S/C15H18N2O/c1-4-6-13-11(3)14(17(5-2)15(13)18)12-7-9-16-10-8-12/h4,7-10,14H,1,5-6H2,2-3H3. The summed E-state index contributed by atoms with van der Waals surface area (Å²) in [5.74, 6) is 0.136. The maximum absolute atomic E-state index is 12.3. The number of allylic oxidation sites excluding steroid dienone is 1. The summed E-state index contributed by atoms with van der Waals surface area (Å²) in [5.41, 5.74) is 3.14. The van der Waals surface area contributed by atoms with Crippen molar-refractivity contribution >= 4 is 5.91 Å². The quantitative estimate of drug-likeness (QED) is 0.761. The maximum atomic E-state index is 12.3. The van der Waals surface area contributed by atoms with Crippen molar-refractivity contribution in [3.63, 3.8) is 0 Å². The van der Waals surface area contributed by atoms with Gasteiger partial charge in [0.25, 0.3) is 5.91 Å². The fraction of sp³-hybridized carbons (Fsp3) is 0.333. The molecule has 94 valence electrons. The number of likely N-dealkylation sites (N-methyl/N-ethyl adjacent to an activating group) is 1. The van der Waals surface area contributed by atoms with E-state index in [9.17, 15) is 4.79 Å². The van der Waals surface area contributed by atoms with E-state index in [1.165, 1.54) is 0 Å². The van der Waals surface area contributed by atoms with Gasteiger partial charge < -0.3 is 4.90 Å². The van der Waals surface area contributed by atoms with Crippen LogP contribution in [-0.2, 0) is 4.79 Å². The molecule has 2 rings (SSSR count). The topological polar surface area (TPSA) is 33.2 Å². The zero-order valence-electron chi connectivity index (χ0n) is 10.9. The lowest BCUT2D eigenvalue weighted by Crippen LogP contribution is -2.29. The molecule has 1 aliphatic heterocycles. The number of carbonyl (C=O) groups excluding carboxylic acids is 1. The lowest BCUT2D eigenvalue weighted by atomic mass is 9.99. The Morgan fingerprint density at radius 3 is 2.67 bits per heavy atom. The van der Waals surface area contributed by atoms with Crippen LogP contribution >= 0.6 is 0 Å². The highest BCUT2D eigenvalue weighted by atomic mass is 16.2. The summed E-state index contributed by atoms with van der Waals surface area (Å²) >= 11 is 0. The second-order valence-electron chi connectivity index (χ2n) is 4.43. The lowest BCUT2D eigenvalue weighted by Gasteiger charge is -2.25. The Balaban J connectivity index is 2.44. The van der Waals surface area contributed by atoms with E-state index in [-0.39, 0.29) is 11.9 Å². The molecule has 3 heteroatoms. The van der Waals surface area contributed by atoms with Crippen molar-refractivity contribution in [1.82, 2.24) is 9.88 Å². The first-order valence-electron chi connectivity index (χ1n) is 6.22. The third-order valence-electron chi connectivity index (χ3n) is 3.43. The molecule has 1 aliphatic rings. The average molecular weight is 242 g/mol. The molecule has 0 aliphatic carbocycles. The van der Waals surface area contributed by atoms with E-state index < -0.39 is 0 Å². The minimum Gasteiger partial charge on any atom is -0.328 e. The lowest BCUT2D eigenvalue weighted by molar-refractivity contribution is -0.127. The first-order chi connectivity index (χ1) is 8.70. The van der Waals surface area contributed by atoms with Crippen LogP contribution < -0.4 is 0 Å². The van der Waals surface area contributed by atoms with Crippen LogP contribution in [0.15, 0.2) is 48.3 Å². The van der Waals surface area contributed by atoms with Gasteiger partial charge in [-0.1, -0.05) is 6.08 Å². The third-order valence-corrected chi connectivity index (χ3v) is 3.43. The Morgan fingerprint density at radius 1 is 1.44 bits per heavy atom. The average Bonchev–Trinajstić information content (AvgIpc) is 2.64. The maximum Gasteiger partial charge on any atom is 0.250 e. The summed E-state index contributed by atoms with van der Waals surface area (Å²) in [6.07, 6.45) is 5.97. The fourth-order valence-corrected chi connectivity index (χ4v) is 2.55. The smallest absolute Gasteiger partial charge is 0.250 e. The molecule has 0 bridgehead atoms. The zero-order chi connectivity index (χ0) is 13.1. The molecule has 1 unspecified atom stereocenters. The van der Waals surface area contributed by atoms with Crippen molar-refractivity contribution in [2.45, 2.75) is 26.3 Å². The van der Waals surface area contributed by atoms with Gasteiger partial charge in [-0.25, -0.2) is 0 Å². The monoisotopic (exact) mass is 242 g/mol. The highest BCUT2D eigenvalue weighted by Crippen LogP contribution is 2.38. The van der Waals surface area contributed by atoms with Crippen molar-refractivity contribution in [2.24, 2.45) is 0 Å². The van der Waals surface area contributed by atoms with Crippen LogP contribution in [0.25, 0.3) is 0 Å². The molecule has 1 amide bonds. The van der Waals surface area contributed by atoms with Crippen LogP contribution in [-0.4, -0.2) is 22.3 Å². The molecule has 0 fully saturated rings. The highest BCUT2D eigenvalue weighted by molar-refractivity contribution is 5.98. The molecular weight excluding hydrogens is 224 g/mol. The molecule has 0 N–H and O–H groups in total. The van der Waals surface area contributed by atoms with E-state index in [0.717, 1.165) is 16.7 Å². The van der Waals surface area contributed by atoms with E-state index in [4.69, 9.17) is 0 Å². The van der Waals surface area contributed by atoms with Crippen LogP contribution in [0.2, 0.25) is 0 Å². The Kier molecular flexibility index (Phi) is 3.60. The number of nitrogens with zero attached hydrogens (tertiary/aromatic N) is 2. The van der Waals surface area contributed by atoms with Gasteiger partial charge in [-0.2, -0.15) is 0 Å². The molecule has 0 aromatic carbocycles. The van der Waals surface area contributed by atoms with E-state index >= 15 is 0 Å². The van der Waals surface area contributed by atoms with Crippen molar-refractivity contribution in [3.05, 3.63) is 53.9 Å². The van der Waals surface area contributed by atoms with Crippen molar-refractivity contribution in [1.29, 1.82) is 0 Å². The highest BCUT2D eigenvalue weighted by Gasteiger charge is 2.35. The van der Waals surface area contributed by atoms with Crippen molar-refractivity contribution < 1.29 is 4.79 Å². The minimum absolute atomic E-state index is 0.0560. The number of carbonyl (C=O) groups is 1. The first kappa shape index (κ1) is 12.6. The van der Waals surface area contributed by atoms with Gasteiger partial charge in [0.2, 0.25) is 0 Å². The van der Waals surface area contributed by atoms with Crippen molar-refractivity contribution in [2.75, 3.05) is 6.54 Å². The van der Waals surface area contributed by atoms with Crippen LogP contribution in [0.3, 0.4) is 0 Å². The Hall–Kier alpha value is -1.90. The van der Waals surface area contributed by atoms with Gasteiger partial charge >= 0.3 is 0 Å². The summed E-state index contributed by atoms with van der Waals surface area (Å²) in [5, 5.41) is 0. The number of amides is 1. The van der Waals surface area contributed by atoms with Gasteiger partial charge in [0.1, 0.15) is 0 Å². The van der Waals surface area contributed by atoms with Gasteiger partial charge in [-0.05, 0) is 43.5 Å². The van der Waals surface area contributed by atoms with E-state index in [1.807, 2.05) is 30.9 Å². The molecule has 0 radical (unpaired) electrons. The van der Waals surface area contributed by atoms with Crippen LogP contribution in [0.5, 0.6) is 0 Å². The number of pyridine rings is 1. The van der Waals surface area contributed by atoms with Gasteiger partial charge in [0.15, 0.2) is 0 Å². The van der Waals surface area contributed by atoms with Crippen LogP contribution in [0.4, 0.5) is 0 Å². The summed E-state index contributed by atoms with van der Waals surface area (Å²) in [7, 11) is 0. The molecule has 1 atom stereocenters. The summed E-state index contributed by atoms with van der Waals surface area (Å²) in [6.45, 7) is 8.49. The zero-order valence-corrected chi connectivity index (χ0v) is 10.9. The number of hydrogen-bond donors (Lipinski definition) is 0. The Morgan fingerprint density at radius 2 is 2.11 bits per heavy atom. The first-order valence-corrected chi connectivity index (χ1v) is 6.22. The predicted molar refractivity (Wildman–Crippen MR) is 71.9 cm³/mol. The Bertz CT molecular complexity index is 490. The van der Waals surface area contributed by atoms with Gasteiger partial charge in [0.05, 0.1) is 6.04 Å². The molecular formula is C15H18N2O. The SMILES string of the molecule is C=CCC1=C(C)C(c2ccncc2)N(CC)C1=O. The minimum atomic E-state index is 0.0560. The van der Waals surface area contributed by atoms with E-state index in [1.54, 1.807) is 18.5 Å². The number of hydrogen-bond acceptors (Lipinski definition) is 2. The second kappa shape index (κ2) is 5.17. The molecule has 1 aromatic heterocycles. The van der Waals surface area contributed by atoms with E-state index in [0.29, 0.717) is 13.0 Å². The molecule has 2 heterocycles. The molecule has 18 heavy (non-hydrogen) atoms. The second-order valence-corrected chi connectivity index (χ2v) is 4.43. The molecule has 0 saturated heterocycles. The number of rotatable bonds is 4. The van der Waals surface area contributed by atoms with Crippen molar-refractivity contribution in [3.8, 4) is 0 Å². The summed E-state index contributed by atoms with van der Waals surface area (Å²) in [4.78, 5) is 18.3. The Labute approximate surface area is 108 Å². The van der Waals surface area contributed by atoms with Crippen LogP contribution in [0, 0.1) is 0 Å². The molecule has 1 aromatic rings. The normalized spacial score (nSPS) is 19.6. The van der Waals surface area contributed by atoms with Gasteiger partial charge in [0, 0.05) is 24.5 Å². The van der Waals surface area contributed by atoms with E-state index in [2.05, 4.69) is 11.6 Å². The van der Waals surface area contributed by atoms with Gasteiger partial charge in [-0.15, -0.1) is 6.58 Å². The van der Waals surface area contributed by atoms with Crippen LogP contribution in [0.1, 0.15) is 31.9 Å². The third kappa shape index (κ3) is 1.96.